The summed E-state index contributed by atoms with van der Waals surface area (Å²) in [5, 5.41) is 9.32. The summed E-state index contributed by atoms with van der Waals surface area (Å²) in [7, 11) is 1.73. The maximum absolute atomic E-state index is 11.6. The first kappa shape index (κ1) is 27.3. The molecule has 1 saturated heterocycles. The summed E-state index contributed by atoms with van der Waals surface area (Å²) in [4.78, 5) is 15.9. The predicted octanol–water partition coefficient (Wildman–Crippen LogP) is 3.36. The molecule has 1 unspecified atom stereocenters. The van der Waals surface area contributed by atoms with Crippen LogP contribution in [0.15, 0.2) is 23.2 Å². The number of guanidine groups is 1. The van der Waals surface area contributed by atoms with Crippen LogP contribution in [-0.2, 0) is 16.0 Å². The van der Waals surface area contributed by atoms with Crippen LogP contribution in [0.2, 0.25) is 0 Å². The van der Waals surface area contributed by atoms with Gasteiger partial charge >= 0.3 is 6.09 Å². The number of nitrogens with one attached hydrogen (secondary N) is 3. The van der Waals surface area contributed by atoms with Gasteiger partial charge in [0.05, 0.1) is 13.2 Å². The third kappa shape index (κ3) is 10.9. The molecular formula is C22H37IN4O4. The molecule has 0 aliphatic carbocycles. The zero-order valence-electron chi connectivity index (χ0n) is 19.2. The number of ether oxygens (including phenoxy) is 3. The Morgan fingerprint density at radius 3 is 2.61 bits per heavy atom. The molecule has 1 aliphatic rings. The van der Waals surface area contributed by atoms with Gasteiger partial charge in [-0.1, -0.05) is 12.1 Å². The molecule has 0 aromatic heterocycles. The molecule has 1 aliphatic heterocycles. The fourth-order valence-electron chi connectivity index (χ4n) is 2.90. The van der Waals surface area contributed by atoms with Gasteiger partial charge in [-0.25, -0.2) is 4.79 Å². The zero-order valence-corrected chi connectivity index (χ0v) is 21.6. The molecule has 2 rings (SSSR count). The van der Waals surface area contributed by atoms with Crippen molar-refractivity contribution >= 4 is 36.0 Å². The maximum atomic E-state index is 11.6. The van der Waals surface area contributed by atoms with Crippen molar-refractivity contribution in [3.63, 3.8) is 0 Å². The highest BCUT2D eigenvalue weighted by Crippen LogP contribution is 2.23. The smallest absolute Gasteiger partial charge is 0.407 e. The van der Waals surface area contributed by atoms with E-state index in [-0.39, 0.29) is 30.1 Å². The Hall–Kier alpha value is -1.75. The van der Waals surface area contributed by atoms with Crippen molar-refractivity contribution < 1.29 is 19.0 Å². The highest BCUT2D eigenvalue weighted by atomic mass is 127. The fourth-order valence-corrected chi connectivity index (χ4v) is 2.90. The highest BCUT2D eigenvalue weighted by molar-refractivity contribution is 14.0. The molecular weight excluding hydrogens is 511 g/mol. The normalized spacial score (nSPS) is 16.3. The number of benzene rings is 1. The van der Waals surface area contributed by atoms with E-state index in [0.29, 0.717) is 32.2 Å². The minimum absolute atomic E-state index is 0. The van der Waals surface area contributed by atoms with Crippen molar-refractivity contribution in [2.24, 2.45) is 4.99 Å². The third-order valence-electron chi connectivity index (χ3n) is 4.39. The van der Waals surface area contributed by atoms with E-state index in [1.165, 1.54) is 0 Å². The van der Waals surface area contributed by atoms with E-state index in [9.17, 15) is 4.79 Å². The van der Waals surface area contributed by atoms with E-state index in [1.807, 2.05) is 20.8 Å². The van der Waals surface area contributed by atoms with E-state index >= 15 is 0 Å². The number of hydrogen-bond donors (Lipinski definition) is 3. The zero-order chi connectivity index (χ0) is 22.0. The lowest BCUT2D eigenvalue weighted by atomic mass is 10.1. The lowest BCUT2D eigenvalue weighted by Gasteiger charge is -2.19. The van der Waals surface area contributed by atoms with Crippen LogP contribution in [0.4, 0.5) is 4.79 Å². The number of alkyl carbamates (subject to hydrolysis) is 1. The highest BCUT2D eigenvalue weighted by Gasteiger charge is 2.19. The second-order valence-electron chi connectivity index (χ2n) is 8.35. The number of rotatable bonds is 8. The van der Waals surface area contributed by atoms with Crippen molar-refractivity contribution in [2.75, 3.05) is 33.4 Å². The van der Waals surface area contributed by atoms with Crippen molar-refractivity contribution in [3.05, 3.63) is 29.3 Å². The molecule has 0 spiro atoms. The Balaban J connectivity index is 0.00000480. The number of aryl methyl sites for hydroxylation is 1. The van der Waals surface area contributed by atoms with Gasteiger partial charge < -0.3 is 30.2 Å². The lowest BCUT2D eigenvalue weighted by molar-refractivity contribution is 0.0527. The largest absolute Gasteiger partial charge is 0.488 e. The Labute approximate surface area is 202 Å². The molecule has 0 bridgehead atoms. The summed E-state index contributed by atoms with van der Waals surface area (Å²) in [6.45, 7) is 10.8. The molecule has 31 heavy (non-hydrogen) atoms. The summed E-state index contributed by atoms with van der Waals surface area (Å²) in [5.41, 5.74) is 1.74. The van der Waals surface area contributed by atoms with Crippen LogP contribution in [0.5, 0.6) is 5.75 Å². The van der Waals surface area contributed by atoms with E-state index in [1.54, 1.807) is 7.05 Å². The third-order valence-corrected chi connectivity index (χ3v) is 4.39. The van der Waals surface area contributed by atoms with Crippen LogP contribution in [0, 0.1) is 6.92 Å². The molecule has 1 heterocycles. The van der Waals surface area contributed by atoms with Crippen LogP contribution >= 0.6 is 24.0 Å². The summed E-state index contributed by atoms with van der Waals surface area (Å²) in [6, 6.07) is 6.22. The van der Waals surface area contributed by atoms with Gasteiger partial charge in [0.2, 0.25) is 0 Å². The second-order valence-corrected chi connectivity index (χ2v) is 8.35. The van der Waals surface area contributed by atoms with Crippen LogP contribution in [0.3, 0.4) is 0 Å². The maximum Gasteiger partial charge on any atom is 0.407 e. The first-order valence-corrected chi connectivity index (χ1v) is 10.5. The first-order chi connectivity index (χ1) is 14.3. The van der Waals surface area contributed by atoms with Gasteiger partial charge in [-0.2, -0.15) is 0 Å². The summed E-state index contributed by atoms with van der Waals surface area (Å²) >= 11 is 0. The number of hydrogen-bond acceptors (Lipinski definition) is 5. The second kappa shape index (κ2) is 13.6. The van der Waals surface area contributed by atoms with Gasteiger partial charge in [0.25, 0.3) is 0 Å². The molecule has 1 fully saturated rings. The van der Waals surface area contributed by atoms with Crippen molar-refractivity contribution in [1.82, 2.24) is 16.0 Å². The Morgan fingerprint density at radius 2 is 1.97 bits per heavy atom. The van der Waals surface area contributed by atoms with Crippen LogP contribution in [0.25, 0.3) is 0 Å². The van der Waals surface area contributed by atoms with Crippen molar-refractivity contribution in [3.8, 4) is 5.75 Å². The van der Waals surface area contributed by atoms with E-state index in [2.05, 4.69) is 46.1 Å². The molecule has 1 aromatic carbocycles. The van der Waals surface area contributed by atoms with E-state index in [4.69, 9.17) is 14.2 Å². The van der Waals surface area contributed by atoms with Gasteiger partial charge in [0, 0.05) is 38.7 Å². The molecule has 1 aromatic rings. The van der Waals surface area contributed by atoms with Crippen LogP contribution < -0.4 is 20.7 Å². The minimum Gasteiger partial charge on any atom is -0.488 e. The monoisotopic (exact) mass is 548 g/mol. The summed E-state index contributed by atoms with van der Waals surface area (Å²) < 4.78 is 16.8. The molecule has 1 amide bonds. The van der Waals surface area contributed by atoms with Crippen LogP contribution in [-0.4, -0.2) is 57.1 Å². The molecule has 3 N–H and O–H groups in total. The topological polar surface area (TPSA) is 93.2 Å². The van der Waals surface area contributed by atoms with Gasteiger partial charge in [0.1, 0.15) is 17.5 Å². The fraction of sp³-hybridized carbons (Fsp3) is 0.636. The van der Waals surface area contributed by atoms with E-state index in [0.717, 1.165) is 36.3 Å². The summed E-state index contributed by atoms with van der Waals surface area (Å²) in [6.07, 6.45) is 1.38. The SMILES string of the molecule is CN=C(NCCCNC(=O)OC(C)(C)C)NCc1ccc(C)cc1OC1CCOC1.I. The van der Waals surface area contributed by atoms with Gasteiger partial charge in [-0.3, -0.25) is 4.99 Å². The van der Waals surface area contributed by atoms with E-state index < -0.39 is 11.7 Å². The lowest BCUT2D eigenvalue weighted by Crippen LogP contribution is -2.39. The quantitative estimate of drug-likeness (QED) is 0.200. The Morgan fingerprint density at radius 1 is 1.23 bits per heavy atom. The number of nitrogens with zero attached hydrogens (tertiary/aromatic N) is 1. The van der Waals surface area contributed by atoms with Gasteiger partial charge in [-0.15, -0.1) is 24.0 Å². The average Bonchev–Trinajstić information content (AvgIpc) is 3.17. The first-order valence-electron chi connectivity index (χ1n) is 10.5. The molecule has 0 radical (unpaired) electrons. The predicted molar refractivity (Wildman–Crippen MR) is 134 cm³/mol. The minimum atomic E-state index is -0.488. The number of carbonyl (C=O) groups is 1. The molecule has 9 heteroatoms. The van der Waals surface area contributed by atoms with Crippen molar-refractivity contribution in [1.29, 1.82) is 0 Å². The molecule has 176 valence electrons. The Bertz CT molecular complexity index is 716. The number of halogens is 1. The van der Waals surface area contributed by atoms with Crippen molar-refractivity contribution in [2.45, 2.75) is 58.8 Å². The van der Waals surface area contributed by atoms with Gasteiger partial charge in [0.15, 0.2) is 5.96 Å². The molecule has 1 atom stereocenters. The number of aliphatic imine (C=N–C) groups is 1. The Kier molecular flexibility index (Phi) is 12.0. The molecule has 8 nitrogen and oxygen atoms in total. The number of amides is 1. The van der Waals surface area contributed by atoms with Gasteiger partial charge in [-0.05, 0) is 45.7 Å². The average molecular weight is 548 g/mol. The summed E-state index contributed by atoms with van der Waals surface area (Å²) in [5.74, 6) is 1.58. The molecule has 0 saturated carbocycles. The van der Waals surface area contributed by atoms with Crippen LogP contribution in [0.1, 0.15) is 44.7 Å². The number of carbonyl (C=O) groups excluding carboxylic acids is 1. The standard InChI is InChI=1S/C22H36N4O4.HI/c1-16-7-8-17(19(13-16)29-18-9-12-28-15-18)14-26-20(23-5)24-10-6-11-25-21(27)30-22(2,3)4;/h7-8,13,18H,6,9-12,14-15H2,1-5H3,(H,25,27)(H2,23,24,26);1H.